The van der Waals surface area contributed by atoms with Crippen molar-refractivity contribution in [1.82, 2.24) is 10.2 Å². The summed E-state index contributed by atoms with van der Waals surface area (Å²) in [7, 11) is 1.30. The van der Waals surface area contributed by atoms with Crippen LogP contribution in [0.2, 0.25) is 0 Å². The number of carbonyl (C=O) groups is 2. The van der Waals surface area contributed by atoms with Crippen LogP contribution < -0.4 is 5.32 Å². The first-order chi connectivity index (χ1) is 7.13. The Morgan fingerprint density at radius 2 is 2.13 bits per heavy atom. The van der Waals surface area contributed by atoms with Crippen molar-refractivity contribution >= 4 is 11.9 Å². The van der Waals surface area contributed by atoms with Gasteiger partial charge in [-0.25, -0.2) is 0 Å². The number of hydrogen-bond donors (Lipinski definition) is 1. The highest BCUT2D eigenvalue weighted by atomic mass is 16.5. The topological polar surface area (TPSA) is 82.4 Å². The van der Waals surface area contributed by atoms with Crippen molar-refractivity contribution in [2.45, 2.75) is 6.92 Å². The molecular formula is C9H15N3O3. The average Bonchev–Trinajstić information content (AvgIpc) is 2.25. The fourth-order valence-electron chi connectivity index (χ4n) is 0.924. The molecule has 0 aliphatic heterocycles. The fraction of sp³-hybridized carbons (Fsp3) is 0.667. The van der Waals surface area contributed by atoms with E-state index in [0.717, 1.165) is 0 Å². The van der Waals surface area contributed by atoms with E-state index >= 15 is 0 Å². The number of nitrogens with zero attached hydrogens (tertiary/aromatic N) is 2. The highest BCUT2D eigenvalue weighted by molar-refractivity contribution is 5.79. The van der Waals surface area contributed by atoms with Crippen molar-refractivity contribution in [3.05, 3.63) is 0 Å². The van der Waals surface area contributed by atoms with Gasteiger partial charge in [0, 0.05) is 0 Å². The summed E-state index contributed by atoms with van der Waals surface area (Å²) in [5.74, 6) is -0.660. The van der Waals surface area contributed by atoms with Gasteiger partial charge in [-0.15, -0.1) is 0 Å². The SMILES string of the molecule is CCN(CC(=O)NCC#N)CC(=O)OC. The van der Waals surface area contributed by atoms with Gasteiger partial charge in [-0.3, -0.25) is 14.5 Å². The van der Waals surface area contributed by atoms with Gasteiger partial charge in [0.2, 0.25) is 5.91 Å². The predicted molar refractivity (Wildman–Crippen MR) is 52.8 cm³/mol. The Kier molecular flexibility index (Phi) is 6.93. The van der Waals surface area contributed by atoms with E-state index in [9.17, 15) is 9.59 Å². The molecule has 0 unspecified atom stereocenters. The lowest BCUT2D eigenvalue weighted by Crippen LogP contribution is -2.40. The van der Waals surface area contributed by atoms with Crippen LogP contribution in [0.4, 0.5) is 0 Å². The Balaban J connectivity index is 3.93. The standard InChI is InChI=1S/C9H15N3O3/c1-3-12(7-9(14)15-2)6-8(13)11-5-4-10/h3,5-7H2,1-2H3,(H,11,13). The van der Waals surface area contributed by atoms with Gasteiger partial charge in [0.1, 0.15) is 6.54 Å². The van der Waals surface area contributed by atoms with Gasteiger partial charge in [0.15, 0.2) is 0 Å². The summed E-state index contributed by atoms with van der Waals surface area (Å²) < 4.78 is 4.48. The third-order valence-electron chi connectivity index (χ3n) is 1.76. The van der Waals surface area contributed by atoms with Crippen molar-refractivity contribution in [3.8, 4) is 6.07 Å². The highest BCUT2D eigenvalue weighted by Gasteiger charge is 2.12. The Hall–Kier alpha value is -1.61. The molecule has 0 radical (unpaired) electrons. The summed E-state index contributed by atoms with van der Waals surface area (Å²) in [4.78, 5) is 23.7. The molecule has 1 amide bonds. The normalized spacial score (nSPS) is 9.47. The molecule has 0 saturated carbocycles. The molecule has 0 fully saturated rings. The van der Waals surface area contributed by atoms with Crippen molar-refractivity contribution < 1.29 is 14.3 Å². The number of nitriles is 1. The number of likely N-dealkylation sites (N-methyl/N-ethyl adjacent to an activating group) is 1. The van der Waals surface area contributed by atoms with E-state index in [1.165, 1.54) is 7.11 Å². The van der Waals surface area contributed by atoms with E-state index in [4.69, 9.17) is 5.26 Å². The molecule has 0 bridgehead atoms. The molecule has 0 aromatic carbocycles. The lowest BCUT2D eigenvalue weighted by Gasteiger charge is -2.17. The number of nitrogens with one attached hydrogen (secondary N) is 1. The van der Waals surface area contributed by atoms with E-state index in [2.05, 4.69) is 10.1 Å². The van der Waals surface area contributed by atoms with E-state index in [1.54, 1.807) is 11.0 Å². The second-order valence-corrected chi connectivity index (χ2v) is 2.81. The molecule has 0 aliphatic carbocycles. The van der Waals surface area contributed by atoms with E-state index in [1.807, 2.05) is 6.92 Å². The highest BCUT2D eigenvalue weighted by Crippen LogP contribution is 1.88. The number of rotatable bonds is 6. The van der Waals surface area contributed by atoms with Crippen molar-refractivity contribution in [2.24, 2.45) is 0 Å². The van der Waals surface area contributed by atoms with Gasteiger partial charge in [-0.2, -0.15) is 5.26 Å². The second-order valence-electron chi connectivity index (χ2n) is 2.81. The largest absolute Gasteiger partial charge is 0.468 e. The third-order valence-corrected chi connectivity index (χ3v) is 1.76. The van der Waals surface area contributed by atoms with Gasteiger partial charge < -0.3 is 10.1 Å². The summed E-state index contributed by atoms with van der Waals surface area (Å²) in [6.45, 7) is 2.55. The number of methoxy groups -OCH3 is 1. The Morgan fingerprint density at radius 3 is 2.60 bits per heavy atom. The van der Waals surface area contributed by atoms with Crippen LogP contribution in [0, 0.1) is 11.3 Å². The van der Waals surface area contributed by atoms with Crippen LogP contribution in [0.15, 0.2) is 0 Å². The maximum atomic E-state index is 11.2. The zero-order chi connectivity index (χ0) is 11.7. The molecule has 0 saturated heterocycles. The van der Waals surface area contributed by atoms with Gasteiger partial charge in [0.05, 0.1) is 26.3 Å². The van der Waals surface area contributed by atoms with E-state index in [-0.39, 0.29) is 31.5 Å². The van der Waals surface area contributed by atoms with Crippen LogP contribution in [-0.4, -0.2) is 50.1 Å². The maximum Gasteiger partial charge on any atom is 0.319 e. The summed E-state index contributed by atoms with van der Waals surface area (Å²) in [5, 5.41) is 10.6. The van der Waals surface area contributed by atoms with Gasteiger partial charge in [-0.05, 0) is 6.54 Å². The quantitative estimate of drug-likeness (QED) is 0.457. The van der Waals surface area contributed by atoms with Crippen molar-refractivity contribution in [1.29, 1.82) is 5.26 Å². The Labute approximate surface area is 88.8 Å². The smallest absolute Gasteiger partial charge is 0.319 e. The lowest BCUT2D eigenvalue weighted by molar-refractivity contribution is -0.142. The minimum absolute atomic E-state index is 0.0192. The molecule has 0 atom stereocenters. The van der Waals surface area contributed by atoms with Crippen LogP contribution in [0.25, 0.3) is 0 Å². The lowest BCUT2D eigenvalue weighted by atomic mass is 10.4. The molecule has 0 aromatic rings. The summed E-state index contributed by atoms with van der Waals surface area (Å²) >= 11 is 0. The van der Waals surface area contributed by atoms with Gasteiger partial charge >= 0.3 is 5.97 Å². The molecule has 1 N–H and O–H groups in total. The summed E-state index contributed by atoms with van der Waals surface area (Å²) in [5.41, 5.74) is 0. The number of esters is 1. The molecule has 0 aromatic heterocycles. The zero-order valence-electron chi connectivity index (χ0n) is 8.95. The van der Waals surface area contributed by atoms with Gasteiger partial charge in [-0.1, -0.05) is 6.92 Å². The maximum absolute atomic E-state index is 11.2. The van der Waals surface area contributed by atoms with Crippen LogP contribution in [0.3, 0.4) is 0 Å². The predicted octanol–water partition coefficient (Wildman–Crippen LogP) is -0.879. The monoisotopic (exact) mass is 213 g/mol. The zero-order valence-corrected chi connectivity index (χ0v) is 8.95. The molecule has 0 spiro atoms. The molecule has 84 valence electrons. The van der Waals surface area contributed by atoms with Crippen molar-refractivity contribution in [3.63, 3.8) is 0 Å². The molecule has 6 nitrogen and oxygen atoms in total. The Morgan fingerprint density at radius 1 is 1.47 bits per heavy atom. The summed E-state index contributed by atoms with van der Waals surface area (Å²) in [6.07, 6.45) is 0. The second kappa shape index (κ2) is 7.76. The number of amides is 1. The van der Waals surface area contributed by atoms with E-state index in [0.29, 0.717) is 6.54 Å². The van der Waals surface area contributed by atoms with Crippen molar-refractivity contribution in [2.75, 3.05) is 33.3 Å². The molecular weight excluding hydrogens is 198 g/mol. The molecule has 0 rings (SSSR count). The van der Waals surface area contributed by atoms with E-state index < -0.39 is 0 Å². The first-order valence-corrected chi connectivity index (χ1v) is 4.56. The molecule has 15 heavy (non-hydrogen) atoms. The van der Waals surface area contributed by atoms with Crippen LogP contribution in [-0.2, 0) is 14.3 Å². The van der Waals surface area contributed by atoms with Crippen LogP contribution in [0.1, 0.15) is 6.92 Å². The number of ether oxygens (including phenoxy) is 1. The molecule has 0 aliphatic rings. The molecule has 0 heterocycles. The first kappa shape index (κ1) is 13.4. The van der Waals surface area contributed by atoms with Gasteiger partial charge in [0.25, 0.3) is 0 Å². The average molecular weight is 213 g/mol. The van der Waals surface area contributed by atoms with Crippen LogP contribution >= 0.6 is 0 Å². The number of carbonyl (C=O) groups excluding carboxylic acids is 2. The fourth-order valence-corrected chi connectivity index (χ4v) is 0.924. The first-order valence-electron chi connectivity index (χ1n) is 4.56. The molecule has 6 heteroatoms. The minimum Gasteiger partial charge on any atom is -0.468 e. The van der Waals surface area contributed by atoms with Crippen LogP contribution in [0.5, 0.6) is 0 Å². The number of hydrogen-bond acceptors (Lipinski definition) is 5. The summed E-state index contributed by atoms with van der Waals surface area (Å²) in [6, 6.07) is 1.80. The third kappa shape index (κ3) is 6.46. The minimum atomic E-state index is -0.384. The Bertz CT molecular complexity index is 260.